The van der Waals surface area contributed by atoms with Crippen LogP contribution in [0.2, 0.25) is 0 Å². The van der Waals surface area contributed by atoms with Crippen LogP contribution in [0.4, 0.5) is 0 Å². The van der Waals surface area contributed by atoms with E-state index in [4.69, 9.17) is 4.42 Å². The molecule has 2 aromatic heterocycles. The van der Waals surface area contributed by atoms with Gasteiger partial charge in [-0.25, -0.2) is 9.48 Å². The lowest BCUT2D eigenvalue weighted by molar-refractivity contribution is 0.428. The molecule has 0 amide bonds. The highest BCUT2D eigenvalue weighted by molar-refractivity contribution is 4.93. The van der Waals surface area contributed by atoms with E-state index in [1.807, 2.05) is 6.92 Å². The second kappa shape index (κ2) is 4.40. The van der Waals surface area contributed by atoms with Crippen molar-refractivity contribution in [3.63, 3.8) is 0 Å². The highest BCUT2D eigenvalue weighted by Crippen LogP contribution is 2.10. The largest absolute Gasteiger partial charge is 0.423 e. The number of hydrogen-bond donors (Lipinski definition) is 0. The van der Waals surface area contributed by atoms with Gasteiger partial charge in [-0.2, -0.15) is 5.10 Å². The molecule has 0 bridgehead atoms. The van der Waals surface area contributed by atoms with E-state index < -0.39 is 0 Å². The molecule has 3 heterocycles. The summed E-state index contributed by atoms with van der Waals surface area (Å²) < 4.78 is 8.54. The molecule has 0 saturated carbocycles. The van der Waals surface area contributed by atoms with Gasteiger partial charge in [-0.15, -0.1) is 10.2 Å². The van der Waals surface area contributed by atoms with Crippen LogP contribution in [-0.2, 0) is 25.9 Å². The summed E-state index contributed by atoms with van der Waals surface area (Å²) in [6.45, 7) is 2.96. The molecule has 0 fully saturated rings. The Labute approximate surface area is 103 Å². The Bertz CT molecular complexity index is 609. The molecule has 0 N–H and O–H groups in total. The normalized spacial score (nSPS) is 14.7. The smallest absolute Gasteiger partial charge is 0.346 e. The van der Waals surface area contributed by atoms with E-state index in [1.54, 1.807) is 4.57 Å². The number of rotatable bonds is 3. The summed E-state index contributed by atoms with van der Waals surface area (Å²) >= 11 is 0. The van der Waals surface area contributed by atoms with Crippen molar-refractivity contribution in [2.24, 2.45) is 0 Å². The summed E-state index contributed by atoms with van der Waals surface area (Å²) in [4.78, 5) is 12.1. The third kappa shape index (κ3) is 1.85. The van der Waals surface area contributed by atoms with E-state index in [0.717, 1.165) is 31.6 Å². The highest BCUT2D eigenvalue weighted by atomic mass is 16.4. The van der Waals surface area contributed by atoms with E-state index in [2.05, 4.69) is 15.3 Å². The van der Waals surface area contributed by atoms with Gasteiger partial charge in [-0.05, 0) is 12.8 Å². The maximum absolute atomic E-state index is 12.1. The first kappa shape index (κ1) is 11.2. The third-order valence-electron chi connectivity index (χ3n) is 3.13. The minimum Gasteiger partial charge on any atom is -0.423 e. The molecule has 0 spiro atoms. The zero-order chi connectivity index (χ0) is 12.5. The lowest BCUT2D eigenvalue weighted by atomic mass is 10.2. The second-order valence-corrected chi connectivity index (χ2v) is 4.41. The predicted molar refractivity (Wildman–Crippen MR) is 62.2 cm³/mol. The zero-order valence-corrected chi connectivity index (χ0v) is 10.3. The fourth-order valence-electron chi connectivity index (χ4n) is 2.17. The summed E-state index contributed by atoms with van der Waals surface area (Å²) in [5.74, 6) is 1.88. The molecule has 0 atom stereocenters. The maximum Gasteiger partial charge on any atom is 0.346 e. The number of hydrogen-bond acceptors (Lipinski definition) is 5. The Morgan fingerprint density at radius 1 is 1.28 bits per heavy atom. The van der Waals surface area contributed by atoms with Crippen LogP contribution >= 0.6 is 0 Å². The minimum absolute atomic E-state index is 0.0825. The van der Waals surface area contributed by atoms with Gasteiger partial charge in [-0.3, -0.25) is 4.57 Å². The van der Waals surface area contributed by atoms with Crippen molar-refractivity contribution in [1.29, 1.82) is 0 Å². The summed E-state index contributed by atoms with van der Waals surface area (Å²) in [5, 5.41) is 12.1. The standard InChI is InChI=1S/C11H15N5O2/c1-2-9-12-13-10(18-9)7-16-11(17)15-6-4-3-5-8(15)14-16/h2-7H2,1H3. The lowest BCUT2D eigenvalue weighted by Crippen LogP contribution is -2.27. The lowest BCUT2D eigenvalue weighted by Gasteiger charge is -2.09. The average molecular weight is 249 g/mol. The molecule has 7 nitrogen and oxygen atoms in total. The number of nitrogens with zero attached hydrogens (tertiary/aromatic N) is 5. The van der Waals surface area contributed by atoms with Crippen LogP contribution < -0.4 is 5.69 Å². The molecular formula is C11H15N5O2. The van der Waals surface area contributed by atoms with Crippen molar-refractivity contribution in [3.05, 3.63) is 28.1 Å². The monoisotopic (exact) mass is 249 g/mol. The Balaban J connectivity index is 1.88. The molecule has 1 aliphatic rings. The second-order valence-electron chi connectivity index (χ2n) is 4.41. The van der Waals surface area contributed by atoms with Gasteiger partial charge in [0.05, 0.1) is 0 Å². The van der Waals surface area contributed by atoms with E-state index in [-0.39, 0.29) is 12.2 Å². The van der Waals surface area contributed by atoms with Gasteiger partial charge in [0.2, 0.25) is 11.8 Å². The SMILES string of the molecule is CCc1nnc(Cn2nc3n(c2=O)CCCC3)o1. The molecule has 1 aliphatic heterocycles. The maximum atomic E-state index is 12.1. The van der Waals surface area contributed by atoms with Crippen molar-refractivity contribution in [2.75, 3.05) is 0 Å². The third-order valence-corrected chi connectivity index (χ3v) is 3.13. The van der Waals surface area contributed by atoms with E-state index in [9.17, 15) is 4.79 Å². The molecule has 0 saturated heterocycles. The van der Waals surface area contributed by atoms with Gasteiger partial charge in [0.15, 0.2) is 0 Å². The fraction of sp³-hybridized carbons (Fsp3) is 0.636. The van der Waals surface area contributed by atoms with Crippen LogP contribution in [0.1, 0.15) is 37.4 Å². The molecule has 3 rings (SSSR count). The van der Waals surface area contributed by atoms with Crippen LogP contribution in [0, 0.1) is 0 Å². The molecule has 18 heavy (non-hydrogen) atoms. The first-order valence-electron chi connectivity index (χ1n) is 6.25. The first-order valence-corrected chi connectivity index (χ1v) is 6.25. The van der Waals surface area contributed by atoms with Crippen LogP contribution in [0.3, 0.4) is 0 Å². The van der Waals surface area contributed by atoms with E-state index in [0.29, 0.717) is 18.2 Å². The van der Waals surface area contributed by atoms with Crippen LogP contribution in [0.15, 0.2) is 9.21 Å². The molecule has 0 unspecified atom stereocenters. The summed E-state index contributed by atoms with van der Waals surface area (Å²) in [6.07, 6.45) is 3.70. The van der Waals surface area contributed by atoms with Crippen molar-refractivity contribution >= 4 is 0 Å². The highest BCUT2D eigenvalue weighted by Gasteiger charge is 2.17. The van der Waals surface area contributed by atoms with Crippen molar-refractivity contribution in [1.82, 2.24) is 24.5 Å². The molecule has 0 aliphatic carbocycles. The summed E-state index contributed by atoms with van der Waals surface area (Å²) in [7, 11) is 0. The Hall–Kier alpha value is -1.92. The minimum atomic E-state index is -0.0825. The van der Waals surface area contributed by atoms with Gasteiger partial charge in [0.25, 0.3) is 0 Å². The van der Waals surface area contributed by atoms with E-state index >= 15 is 0 Å². The Morgan fingerprint density at radius 3 is 2.83 bits per heavy atom. The van der Waals surface area contributed by atoms with E-state index in [1.165, 1.54) is 4.68 Å². The van der Waals surface area contributed by atoms with Crippen molar-refractivity contribution in [3.8, 4) is 0 Å². The Morgan fingerprint density at radius 2 is 2.11 bits per heavy atom. The van der Waals surface area contributed by atoms with Crippen LogP contribution in [0.25, 0.3) is 0 Å². The molecule has 0 radical (unpaired) electrons. The number of aromatic nitrogens is 5. The topological polar surface area (TPSA) is 78.7 Å². The first-order chi connectivity index (χ1) is 8.78. The van der Waals surface area contributed by atoms with Gasteiger partial charge in [0, 0.05) is 19.4 Å². The van der Waals surface area contributed by atoms with Gasteiger partial charge in [0.1, 0.15) is 12.4 Å². The summed E-state index contributed by atoms with van der Waals surface area (Å²) in [5.41, 5.74) is -0.0825. The molecule has 0 aromatic carbocycles. The van der Waals surface area contributed by atoms with Gasteiger partial charge >= 0.3 is 5.69 Å². The average Bonchev–Trinajstić information content (AvgIpc) is 2.97. The number of fused-ring (bicyclic) bond motifs is 1. The molecular weight excluding hydrogens is 234 g/mol. The zero-order valence-electron chi connectivity index (χ0n) is 10.3. The van der Waals surface area contributed by atoms with Crippen molar-refractivity contribution < 1.29 is 4.42 Å². The van der Waals surface area contributed by atoms with Crippen LogP contribution in [-0.4, -0.2) is 24.5 Å². The quantitative estimate of drug-likeness (QED) is 0.785. The molecule has 96 valence electrons. The van der Waals surface area contributed by atoms with Crippen LogP contribution in [0.5, 0.6) is 0 Å². The number of aryl methyl sites for hydroxylation is 2. The molecule has 7 heteroatoms. The van der Waals surface area contributed by atoms with Crippen molar-refractivity contribution in [2.45, 2.75) is 45.7 Å². The Kier molecular flexibility index (Phi) is 2.73. The fourth-order valence-corrected chi connectivity index (χ4v) is 2.17. The summed E-state index contributed by atoms with van der Waals surface area (Å²) in [6, 6.07) is 0. The molecule has 2 aromatic rings. The predicted octanol–water partition coefficient (Wildman–Crippen LogP) is 0.375. The van der Waals surface area contributed by atoms with Gasteiger partial charge < -0.3 is 4.42 Å². The van der Waals surface area contributed by atoms with Gasteiger partial charge in [-0.1, -0.05) is 6.92 Å².